The van der Waals surface area contributed by atoms with Crippen molar-refractivity contribution in [1.82, 2.24) is 10.3 Å². The fourth-order valence-electron chi connectivity index (χ4n) is 2.80. The van der Waals surface area contributed by atoms with Crippen molar-refractivity contribution in [2.24, 2.45) is 4.99 Å². The van der Waals surface area contributed by atoms with Gasteiger partial charge in [0.2, 0.25) is 5.91 Å². The minimum atomic E-state index is -0.356. The van der Waals surface area contributed by atoms with E-state index >= 15 is 0 Å². The lowest BCUT2D eigenvalue weighted by molar-refractivity contribution is -0.117. The van der Waals surface area contributed by atoms with Crippen LogP contribution in [0.4, 0.5) is 0 Å². The van der Waals surface area contributed by atoms with Gasteiger partial charge in [-0.05, 0) is 36.6 Å². The van der Waals surface area contributed by atoms with Crippen LogP contribution in [0.3, 0.4) is 0 Å². The van der Waals surface area contributed by atoms with Gasteiger partial charge in [0.25, 0.3) is 0 Å². The van der Waals surface area contributed by atoms with Gasteiger partial charge in [-0.1, -0.05) is 30.0 Å². The number of nitrogens with one attached hydrogen (secondary N) is 1. The van der Waals surface area contributed by atoms with E-state index in [-0.39, 0.29) is 11.4 Å². The highest BCUT2D eigenvalue weighted by atomic mass is 32.2. The number of amides is 1. The number of thioether (sulfide) groups is 1. The number of aliphatic imine (C=N–C) groups is 1. The number of hydrogen-bond acceptors (Lipinski definition) is 5. The van der Waals surface area contributed by atoms with Crippen LogP contribution in [-0.4, -0.2) is 28.9 Å². The molecule has 25 heavy (non-hydrogen) atoms. The van der Waals surface area contributed by atoms with Gasteiger partial charge < -0.3 is 10.1 Å². The first kappa shape index (κ1) is 17.5. The zero-order valence-corrected chi connectivity index (χ0v) is 15.4. The molecule has 1 aliphatic heterocycles. The topological polar surface area (TPSA) is 63.6 Å². The van der Waals surface area contributed by atoms with Gasteiger partial charge in [0.15, 0.2) is 5.17 Å². The van der Waals surface area contributed by atoms with Crippen molar-refractivity contribution in [3.63, 3.8) is 0 Å². The smallest absolute Gasteiger partial charge is 0.222 e. The third kappa shape index (κ3) is 4.02. The van der Waals surface area contributed by atoms with E-state index < -0.39 is 0 Å². The van der Waals surface area contributed by atoms with E-state index in [1.54, 1.807) is 25.1 Å². The Labute approximate surface area is 151 Å². The number of amidine groups is 1. The first-order valence-electron chi connectivity index (χ1n) is 8.10. The quantitative estimate of drug-likeness (QED) is 0.914. The van der Waals surface area contributed by atoms with Gasteiger partial charge in [0.05, 0.1) is 18.8 Å². The molecule has 1 unspecified atom stereocenters. The summed E-state index contributed by atoms with van der Waals surface area (Å²) < 4.78 is 5.27. The molecule has 1 amide bonds. The van der Waals surface area contributed by atoms with E-state index in [0.29, 0.717) is 5.17 Å². The Morgan fingerprint density at radius 3 is 2.88 bits per heavy atom. The Kier molecular flexibility index (Phi) is 5.08. The van der Waals surface area contributed by atoms with Gasteiger partial charge in [-0.25, -0.2) is 0 Å². The van der Waals surface area contributed by atoms with E-state index in [9.17, 15) is 4.79 Å². The van der Waals surface area contributed by atoms with Crippen LogP contribution in [0.1, 0.15) is 25.8 Å². The Morgan fingerprint density at radius 1 is 1.28 bits per heavy atom. The first-order chi connectivity index (χ1) is 12.0. The Bertz CT molecular complexity index is 822. The van der Waals surface area contributed by atoms with Crippen LogP contribution in [0.15, 0.2) is 47.7 Å². The standard InChI is InChI=1S/C19H21N3O2S/c1-13(23)21-18-22-19(2,7-8-25-18)16-6-4-5-14(9-16)15-10-17(24-3)12-20-11-15/h4-6,9-12H,7-8H2,1-3H3,(H,21,22,23). The monoisotopic (exact) mass is 355 g/mol. The summed E-state index contributed by atoms with van der Waals surface area (Å²) in [6.45, 7) is 3.61. The fourth-order valence-corrected chi connectivity index (χ4v) is 3.98. The first-order valence-corrected chi connectivity index (χ1v) is 9.09. The second-order valence-corrected chi connectivity index (χ2v) is 7.25. The van der Waals surface area contributed by atoms with Crippen LogP contribution in [0.25, 0.3) is 11.1 Å². The number of methoxy groups -OCH3 is 1. The summed E-state index contributed by atoms with van der Waals surface area (Å²) in [5.74, 6) is 1.56. The summed E-state index contributed by atoms with van der Waals surface area (Å²) in [6.07, 6.45) is 4.43. The number of nitrogens with zero attached hydrogens (tertiary/aromatic N) is 2. The molecule has 130 valence electrons. The molecule has 3 rings (SSSR count). The average molecular weight is 355 g/mol. The van der Waals surface area contributed by atoms with Crippen molar-refractivity contribution in [2.45, 2.75) is 25.8 Å². The van der Waals surface area contributed by atoms with Gasteiger partial charge in [-0.2, -0.15) is 0 Å². The summed E-state index contributed by atoms with van der Waals surface area (Å²) in [5, 5.41) is 3.51. The molecule has 5 nitrogen and oxygen atoms in total. The molecule has 2 heterocycles. The molecule has 0 saturated carbocycles. The summed E-state index contributed by atoms with van der Waals surface area (Å²) in [4.78, 5) is 20.4. The second kappa shape index (κ2) is 7.27. The van der Waals surface area contributed by atoms with Gasteiger partial charge in [-0.3, -0.25) is 14.8 Å². The number of hydrogen-bond donors (Lipinski definition) is 1. The maximum Gasteiger partial charge on any atom is 0.222 e. The minimum Gasteiger partial charge on any atom is -0.495 e. The zero-order chi connectivity index (χ0) is 17.9. The van der Waals surface area contributed by atoms with Crippen LogP contribution >= 0.6 is 11.8 Å². The number of ether oxygens (including phenoxy) is 1. The van der Waals surface area contributed by atoms with Crippen LogP contribution < -0.4 is 10.1 Å². The fraction of sp³-hybridized carbons (Fsp3) is 0.316. The Hall–Kier alpha value is -2.34. The van der Waals surface area contributed by atoms with E-state index in [1.165, 1.54) is 6.92 Å². The number of rotatable bonds is 3. The SMILES string of the molecule is COc1cncc(-c2cccc(C3(C)CCSC(NC(C)=O)=N3)c2)c1. The summed E-state index contributed by atoms with van der Waals surface area (Å²) in [6, 6.07) is 10.3. The van der Waals surface area contributed by atoms with E-state index in [1.807, 2.05) is 18.3 Å². The summed E-state index contributed by atoms with van der Waals surface area (Å²) >= 11 is 1.59. The largest absolute Gasteiger partial charge is 0.495 e. The van der Waals surface area contributed by atoms with Gasteiger partial charge >= 0.3 is 0 Å². The maximum atomic E-state index is 11.3. The number of pyridine rings is 1. The third-order valence-corrected chi connectivity index (χ3v) is 5.10. The summed E-state index contributed by atoms with van der Waals surface area (Å²) in [5.41, 5.74) is 2.84. The van der Waals surface area contributed by atoms with Gasteiger partial charge in [-0.15, -0.1) is 0 Å². The third-order valence-electron chi connectivity index (χ3n) is 4.23. The van der Waals surface area contributed by atoms with Crippen LogP contribution in [-0.2, 0) is 10.3 Å². The van der Waals surface area contributed by atoms with E-state index in [0.717, 1.165) is 34.6 Å². The highest BCUT2D eigenvalue weighted by Gasteiger charge is 2.30. The molecule has 0 aliphatic carbocycles. The molecule has 0 saturated heterocycles. The molecule has 2 aromatic rings. The van der Waals surface area contributed by atoms with Crippen molar-refractivity contribution < 1.29 is 9.53 Å². The lowest BCUT2D eigenvalue weighted by Gasteiger charge is -2.31. The van der Waals surface area contributed by atoms with Crippen molar-refractivity contribution in [3.05, 3.63) is 48.3 Å². The second-order valence-electron chi connectivity index (χ2n) is 6.16. The Balaban J connectivity index is 1.96. The molecular weight excluding hydrogens is 334 g/mol. The lowest BCUT2D eigenvalue weighted by Crippen LogP contribution is -2.34. The van der Waals surface area contributed by atoms with Crippen LogP contribution in [0.5, 0.6) is 5.75 Å². The van der Waals surface area contributed by atoms with Crippen LogP contribution in [0, 0.1) is 0 Å². The Morgan fingerprint density at radius 2 is 2.12 bits per heavy atom. The van der Waals surface area contributed by atoms with Gasteiger partial charge in [0, 0.05) is 24.4 Å². The number of aromatic nitrogens is 1. The van der Waals surface area contributed by atoms with Gasteiger partial charge in [0.1, 0.15) is 5.75 Å². The molecule has 0 spiro atoms. The highest BCUT2D eigenvalue weighted by molar-refractivity contribution is 8.13. The normalized spacial score (nSPS) is 19.9. The predicted molar refractivity (Wildman–Crippen MR) is 102 cm³/mol. The highest BCUT2D eigenvalue weighted by Crippen LogP contribution is 2.37. The molecule has 6 heteroatoms. The van der Waals surface area contributed by atoms with Crippen LogP contribution in [0.2, 0.25) is 0 Å². The van der Waals surface area contributed by atoms with Crippen molar-refractivity contribution in [1.29, 1.82) is 0 Å². The molecule has 1 aromatic heterocycles. The van der Waals surface area contributed by atoms with Crippen molar-refractivity contribution >= 4 is 22.8 Å². The molecule has 1 aromatic carbocycles. The van der Waals surface area contributed by atoms with E-state index in [2.05, 4.69) is 35.4 Å². The maximum absolute atomic E-state index is 11.3. The molecule has 1 aliphatic rings. The van der Waals surface area contributed by atoms with Crippen molar-refractivity contribution in [2.75, 3.05) is 12.9 Å². The average Bonchev–Trinajstić information content (AvgIpc) is 2.61. The number of benzene rings is 1. The van der Waals surface area contributed by atoms with Crippen molar-refractivity contribution in [3.8, 4) is 16.9 Å². The molecular formula is C19H21N3O2S. The molecule has 1 atom stereocenters. The molecule has 0 bridgehead atoms. The zero-order valence-electron chi connectivity index (χ0n) is 14.6. The molecule has 0 radical (unpaired) electrons. The number of carbonyl (C=O) groups excluding carboxylic acids is 1. The predicted octanol–water partition coefficient (Wildman–Crippen LogP) is 3.60. The molecule has 0 fully saturated rings. The van der Waals surface area contributed by atoms with E-state index in [4.69, 9.17) is 9.73 Å². The molecule has 1 N–H and O–H groups in total. The summed E-state index contributed by atoms with van der Waals surface area (Å²) in [7, 11) is 1.64. The minimum absolute atomic E-state index is 0.0910. The lowest BCUT2D eigenvalue weighted by atomic mass is 9.88. The number of carbonyl (C=O) groups is 1.